The van der Waals surface area contributed by atoms with E-state index in [1.54, 1.807) is 0 Å². The molecule has 1 saturated carbocycles. The zero-order chi connectivity index (χ0) is 9.30. The summed E-state index contributed by atoms with van der Waals surface area (Å²) in [6.45, 7) is 0. The Balaban J connectivity index is 2.72. The van der Waals surface area contributed by atoms with E-state index < -0.39 is 29.9 Å². The lowest BCUT2D eigenvalue weighted by Gasteiger charge is -2.06. The third-order valence-electron chi connectivity index (χ3n) is 2.16. The number of rotatable bonds is 2. The smallest absolute Gasteiger partial charge is 0.359 e. The van der Waals surface area contributed by atoms with E-state index in [2.05, 4.69) is 0 Å². The molecule has 0 aliphatic heterocycles. The third kappa shape index (κ3) is 1.55. The predicted molar refractivity (Wildman–Crippen MR) is 35.6 cm³/mol. The number of aliphatic carboxylic acids is 1. The molecule has 0 amide bonds. The SMILES string of the molecule is [O]C(=O)[C@@H]1C[C@H](O)C[C@H]1C(=O)O. The summed E-state index contributed by atoms with van der Waals surface area (Å²) in [6, 6.07) is 0. The number of carbonyl (C=O) groups is 2. The average Bonchev–Trinajstić information content (AvgIpc) is 2.31. The molecule has 0 aromatic rings. The van der Waals surface area contributed by atoms with E-state index in [1.807, 2.05) is 0 Å². The van der Waals surface area contributed by atoms with E-state index in [4.69, 9.17) is 10.2 Å². The molecule has 12 heavy (non-hydrogen) atoms. The largest absolute Gasteiger partial charge is 0.481 e. The molecule has 2 N–H and O–H groups in total. The Morgan fingerprint density at radius 2 is 1.67 bits per heavy atom. The molecule has 1 radical (unpaired) electrons. The third-order valence-corrected chi connectivity index (χ3v) is 2.16. The van der Waals surface area contributed by atoms with Crippen LogP contribution < -0.4 is 0 Å². The quantitative estimate of drug-likeness (QED) is 0.583. The van der Waals surface area contributed by atoms with Crippen LogP contribution in [0.15, 0.2) is 0 Å². The molecule has 3 atom stereocenters. The minimum absolute atomic E-state index is 0.00792. The number of carboxylic acids is 1. The minimum atomic E-state index is -1.39. The maximum atomic E-state index is 10.5. The zero-order valence-corrected chi connectivity index (χ0v) is 6.27. The second-order valence-corrected chi connectivity index (χ2v) is 3.00. The highest BCUT2D eigenvalue weighted by Gasteiger charge is 2.43. The molecule has 67 valence electrons. The molecule has 1 fully saturated rings. The van der Waals surface area contributed by atoms with Crippen LogP contribution in [-0.2, 0) is 14.7 Å². The molecular formula is C7H9O5. The molecule has 5 nitrogen and oxygen atoms in total. The lowest BCUT2D eigenvalue weighted by Crippen LogP contribution is -2.24. The number of aliphatic hydroxyl groups is 1. The van der Waals surface area contributed by atoms with Gasteiger partial charge in [-0.25, -0.2) is 9.90 Å². The molecule has 0 saturated heterocycles. The van der Waals surface area contributed by atoms with Gasteiger partial charge in [0.05, 0.1) is 17.9 Å². The van der Waals surface area contributed by atoms with Gasteiger partial charge in [-0.3, -0.25) is 4.79 Å². The molecule has 0 aromatic heterocycles. The maximum absolute atomic E-state index is 10.5. The summed E-state index contributed by atoms with van der Waals surface area (Å²) in [6.07, 6.45) is -0.832. The molecular weight excluding hydrogens is 164 g/mol. The van der Waals surface area contributed by atoms with Gasteiger partial charge in [-0.1, -0.05) is 0 Å². The van der Waals surface area contributed by atoms with Gasteiger partial charge in [-0.15, -0.1) is 0 Å². The summed E-state index contributed by atoms with van der Waals surface area (Å²) in [5, 5.41) is 27.9. The van der Waals surface area contributed by atoms with Crippen LogP contribution in [0.25, 0.3) is 0 Å². The number of hydrogen-bond acceptors (Lipinski definition) is 3. The van der Waals surface area contributed by atoms with Gasteiger partial charge in [0.25, 0.3) is 0 Å². The van der Waals surface area contributed by atoms with Crippen molar-refractivity contribution in [1.82, 2.24) is 0 Å². The Morgan fingerprint density at radius 1 is 1.17 bits per heavy atom. The summed E-state index contributed by atoms with van der Waals surface area (Å²) in [5.74, 6) is -4.61. The van der Waals surface area contributed by atoms with E-state index in [9.17, 15) is 14.7 Å². The second kappa shape index (κ2) is 3.10. The van der Waals surface area contributed by atoms with Crippen LogP contribution in [0.3, 0.4) is 0 Å². The Bertz CT molecular complexity index is 190. The van der Waals surface area contributed by atoms with Crippen molar-refractivity contribution in [3.63, 3.8) is 0 Å². The van der Waals surface area contributed by atoms with Gasteiger partial charge in [0.2, 0.25) is 0 Å². The number of carbonyl (C=O) groups excluding carboxylic acids is 1. The highest BCUT2D eigenvalue weighted by Crippen LogP contribution is 2.32. The van der Waals surface area contributed by atoms with Gasteiger partial charge >= 0.3 is 11.9 Å². The summed E-state index contributed by atoms with van der Waals surface area (Å²) in [5.41, 5.74) is 0. The van der Waals surface area contributed by atoms with Gasteiger partial charge in [0.1, 0.15) is 0 Å². The first kappa shape index (κ1) is 8.99. The molecule has 0 heterocycles. The topological polar surface area (TPSA) is 94.5 Å². The zero-order valence-electron chi connectivity index (χ0n) is 6.27. The fourth-order valence-corrected chi connectivity index (χ4v) is 1.54. The van der Waals surface area contributed by atoms with Crippen molar-refractivity contribution in [2.24, 2.45) is 11.8 Å². The van der Waals surface area contributed by atoms with Crippen molar-refractivity contribution >= 4 is 11.9 Å². The van der Waals surface area contributed by atoms with E-state index in [0.29, 0.717) is 0 Å². The lowest BCUT2D eigenvalue weighted by atomic mass is 9.97. The Kier molecular flexibility index (Phi) is 2.32. The Hall–Kier alpha value is -1.10. The van der Waals surface area contributed by atoms with Crippen LogP contribution >= 0.6 is 0 Å². The standard InChI is InChI=1S/C7H9O5/c8-3-1-4(6(9)10)5(2-3)7(11)12/h3-5,8H,1-2H2,(H,9,10)/t3-,4-,5-/m1/s1. The number of carboxylic acid groups (broad SMARTS) is 1. The van der Waals surface area contributed by atoms with Gasteiger partial charge in [-0.05, 0) is 12.8 Å². The van der Waals surface area contributed by atoms with Gasteiger partial charge in [0.15, 0.2) is 0 Å². The van der Waals surface area contributed by atoms with Crippen molar-refractivity contribution in [2.75, 3.05) is 0 Å². The first-order chi connectivity index (χ1) is 5.52. The Morgan fingerprint density at radius 3 is 2.00 bits per heavy atom. The highest BCUT2D eigenvalue weighted by atomic mass is 16.4. The van der Waals surface area contributed by atoms with Crippen molar-refractivity contribution < 1.29 is 24.9 Å². The van der Waals surface area contributed by atoms with Crippen LogP contribution in [0.1, 0.15) is 12.8 Å². The van der Waals surface area contributed by atoms with Crippen molar-refractivity contribution in [1.29, 1.82) is 0 Å². The Labute approximate surface area is 68.6 Å². The summed E-state index contributed by atoms with van der Waals surface area (Å²) in [7, 11) is 0. The van der Waals surface area contributed by atoms with Gasteiger partial charge in [-0.2, -0.15) is 0 Å². The molecule has 1 rings (SSSR count). The summed E-state index contributed by atoms with van der Waals surface area (Å²) in [4.78, 5) is 20.8. The van der Waals surface area contributed by atoms with Crippen molar-refractivity contribution in [3.05, 3.63) is 0 Å². The summed E-state index contributed by atoms with van der Waals surface area (Å²) >= 11 is 0. The second-order valence-electron chi connectivity index (χ2n) is 3.00. The number of aliphatic hydroxyl groups excluding tert-OH is 1. The molecule has 5 heteroatoms. The molecule has 1 aliphatic carbocycles. The van der Waals surface area contributed by atoms with E-state index in [-0.39, 0.29) is 12.8 Å². The molecule has 0 aromatic carbocycles. The van der Waals surface area contributed by atoms with E-state index >= 15 is 0 Å². The van der Waals surface area contributed by atoms with Gasteiger partial charge < -0.3 is 10.2 Å². The van der Waals surface area contributed by atoms with Crippen molar-refractivity contribution in [3.8, 4) is 0 Å². The summed E-state index contributed by atoms with van der Waals surface area (Å²) < 4.78 is 0. The predicted octanol–water partition coefficient (Wildman–Crippen LogP) is -0.585. The van der Waals surface area contributed by atoms with Crippen molar-refractivity contribution in [2.45, 2.75) is 18.9 Å². The van der Waals surface area contributed by atoms with E-state index in [1.165, 1.54) is 0 Å². The van der Waals surface area contributed by atoms with Crippen LogP contribution in [-0.4, -0.2) is 28.3 Å². The molecule has 1 aliphatic rings. The first-order valence-electron chi connectivity index (χ1n) is 3.64. The minimum Gasteiger partial charge on any atom is -0.481 e. The van der Waals surface area contributed by atoms with Crippen LogP contribution in [0.5, 0.6) is 0 Å². The van der Waals surface area contributed by atoms with Crippen LogP contribution in [0.2, 0.25) is 0 Å². The molecule has 0 unspecified atom stereocenters. The lowest BCUT2D eigenvalue weighted by molar-refractivity contribution is -0.156. The fraction of sp³-hybridized carbons (Fsp3) is 0.714. The van der Waals surface area contributed by atoms with Crippen LogP contribution in [0.4, 0.5) is 0 Å². The average molecular weight is 173 g/mol. The normalized spacial score (nSPS) is 34.9. The molecule has 0 bridgehead atoms. The van der Waals surface area contributed by atoms with E-state index in [0.717, 1.165) is 0 Å². The maximum Gasteiger partial charge on any atom is 0.359 e. The number of hydrogen-bond donors (Lipinski definition) is 2. The fourth-order valence-electron chi connectivity index (χ4n) is 1.54. The monoisotopic (exact) mass is 173 g/mol. The first-order valence-corrected chi connectivity index (χ1v) is 3.64. The van der Waals surface area contributed by atoms with Crippen LogP contribution in [0, 0.1) is 11.8 Å². The molecule has 0 spiro atoms. The van der Waals surface area contributed by atoms with Gasteiger partial charge in [0, 0.05) is 0 Å². The highest BCUT2D eigenvalue weighted by molar-refractivity contribution is 5.80.